The maximum atomic E-state index is 10.2. The van der Waals surface area contributed by atoms with Crippen molar-refractivity contribution in [1.82, 2.24) is 9.80 Å². The van der Waals surface area contributed by atoms with Gasteiger partial charge in [0.25, 0.3) is 0 Å². The third kappa shape index (κ3) is 5.40. The zero-order valence-corrected chi connectivity index (χ0v) is 19.8. The number of benzene rings is 2. The van der Waals surface area contributed by atoms with E-state index in [9.17, 15) is 5.11 Å². The van der Waals surface area contributed by atoms with E-state index >= 15 is 0 Å². The van der Waals surface area contributed by atoms with Gasteiger partial charge >= 0.3 is 0 Å². The lowest BCUT2D eigenvalue weighted by Gasteiger charge is -2.30. The normalized spacial score (nSPS) is 14.3. The number of phenols is 1. The molecule has 0 spiro atoms. The van der Waals surface area contributed by atoms with Crippen LogP contribution in [0.4, 0.5) is 0 Å². The van der Waals surface area contributed by atoms with Crippen molar-refractivity contribution in [2.75, 3.05) is 26.2 Å². The number of piperidine rings is 1. The van der Waals surface area contributed by atoms with Crippen LogP contribution in [-0.2, 0) is 6.54 Å². The Kier molecular flexibility index (Phi) is 7.36. The smallest absolute Gasteiger partial charge is 0.116 e. The summed E-state index contributed by atoms with van der Waals surface area (Å²) in [5.41, 5.74) is 8.38. The zero-order chi connectivity index (χ0) is 23.2. The number of hydrogen-bond donors (Lipinski definition) is 1. The number of furan rings is 1. The molecule has 0 unspecified atom stereocenters. The molecular formula is C29H34N2O2. The quantitative estimate of drug-likeness (QED) is 0.438. The highest BCUT2D eigenvalue weighted by molar-refractivity contribution is 5.83. The SMILES string of the molecule is C=C(c1ccc(C(=C2CCN(Cc3ccoc3)CC2)c2cccc(O)c2)cc1)N(CC)CC. The molecule has 1 aliphatic rings. The van der Waals surface area contributed by atoms with E-state index in [-0.39, 0.29) is 0 Å². The van der Waals surface area contributed by atoms with E-state index in [0.717, 1.165) is 62.4 Å². The van der Waals surface area contributed by atoms with Gasteiger partial charge in [-0.3, -0.25) is 4.90 Å². The predicted octanol–water partition coefficient (Wildman–Crippen LogP) is 6.40. The molecule has 3 aromatic rings. The summed E-state index contributed by atoms with van der Waals surface area (Å²) in [6, 6.07) is 18.4. The molecule has 0 radical (unpaired) electrons. The van der Waals surface area contributed by atoms with Crippen molar-refractivity contribution in [3.63, 3.8) is 0 Å². The van der Waals surface area contributed by atoms with Gasteiger partial charge in [-0.25, -0.2) is 0 Å². The molecular weight excluding hydrogens is 408 g/mol. The molecule has 4 nitrogen and oxygen atoms in total. The number of aromatic hydroxyl groups is 1. The summed E-state index contributed by atoms with van der Waals surface area (Å²) in [5.74, 6) is 0.300. The van der Waals surface area contributed by atoms with Crippen molar-refractivity contribution in [2.45, 2.75) is 33.2 Å². The summed E-state index contributed by atoms with van der Waals surface area (Å²) >= 11 is 0. The molecule has 1 aliphatic heterocycles. The van der Waals surface area contributed by atoms with Crippen LogP contribution in [0.5, 0.6) is 5.75 Å². The highest BCUT2D eigenvalue weighted by atomic mass is 16.3. The Labute approximate surface area is 197 Å². The van der Waals surface area contributed by atoms with Crippen LogP contribution in [0.3, 0.4) is 0 Å². The Bertz CT molecular complexity index is 1080. The van der Waals surface area contributed by atoms with Crippen molar-refractivity contribution in [3.05, 3.63) is 102 Å². The molecule has 4 rings (SSSR count). The first kappa shape index (κ1) is 22.9. The van der Waals surface area contributed by atoms with E-state index in [1.54, 1.807) is 12.3 Å². The summed E-state index contributed by atoms with van der Waals surface area (Å²) in [7, 11) is 0. The van der Waals surface area contributed by atoms with Crippen LogP contribution < -0.4 is 0 Å². The van der Waals surface area contributed by atoms with E-state index in [2.05, 4.69) is 60.6 Å². The average Bonchev–Trinajstić information content (AvgIpc) is 3.35. The first-order valence-electron chi connectivity index (χ1n) is 11.9. The Balaban J connectivity index is 1.62. The van der Waals surface area contributed by atoms with Gasteiger partial charge in [0, 0.05) is 44.0 Å². The topological polar surface area (TPSA) is 39.9 Å². The van der Waals surface area contributed by atoms with Crippen LogP contribution in [0, 0.1) is 0 Å². The molecule has 33 heavy (non-hydrogen) atoms. The molecule has 2 heterocycles. The molecule has 1 saturated heterocycles. The number of rotatable bonds is 8. The van der Waals surface area contributed by atoms with E-state index in [4.69, 9.17) is 4.42 Å². The van der Waals surface area contributed by atoms with E-state index < -0.39 is 0 Å². The second-order valence-corrected chi connectivity index (χ2v) is 8.63. The van der Waals surface area contributed by atoms with Crippen molar-refractivity contribution in [1.29, 1.82) is 0 Å². The maximum absolute atomic E-state index is 10.2. The molecule has 2 aromatic carbocycles. The predicted molar refractivity (Wildman–Crippen MR) is 136 cm³/mol. The van der Waals surface area contributed by atoms with Crippen molar-refractivity contribution >= 4 is 11.3 Å². The summed E-state index contributed by atoms with van der Waals surface area (Å²) in [6.45, 7) is 13.5. The Hall–Kier alpha value is -3.24. The number of hydrogen-bond acceptors (Lipinski definition) is 4. The Morgan fingerprint density at radius 1 is 0.970 bits per heavy atom. The van der Waals surface area contributed by atoms with Gasteiger partial charge in [0.05, 0.1) is 12.5 Å². The maximum Gasteiger partial charge on any atom is 0.116 e. The minimum absolute atomic E-state index is 0.300. The van der Waals surface area contributed by atoms with Crippen LogP contribution in [0.1, 0.15) is 48.9 Å². The van der Waals surface area contributed by atoms with Gasteiger partial charge in [-0.2, -0.15) is 0 Å². The van der Waals surface area contributed by atoms with Crippen molar-refractivity contribution in [3.8, 4) is 5.75 Å². The molecule has 1 N–H and O–H groups in total. The first-order valence-corrected chi connectivity index (χ1v) is 11.9. The largest absolute Gasteiger partial charge is 0.508 e. The molecule has 0 atom stereocenters. The van der Waals surface area contributed by atoms with Gasteiger partial charge in [0.15, 0.2) is 0 Å². The molecule has 1 fully saturated rings. The molecule has 1 aromatic heterocycles. The molecule has 0 amide bonds. The highest BCUT2D eigenvalue weighted by Crippen LogP contribution is 2.34. The molecule has 172 valence electrons. The van der Waals surface area contributed by atoms with Crippen molar-refractivity contribution < 1.29 is 9.52 Å². The van der Waals surface area contributed by atoms with E-state index in [0.29, 0.717) is 5.75 Å². The first-order chi connectivity index (χ1) is 16.1. The second-order valence-electron chi connectivity index (χ2n) is 8.63. The Morgan fingerprint density at radius 2 is 1.67 bits per heavy atom. The molecule has 4 heteroatoms. The fraction of sp³-hybridized carbons (Fsp3) is 0.310. The van der Waals surface area contributed by atoms with Gasteiger partial charge in [-0.15, -0.1) is 0 Å². The monoisotopic (exact) mass is 442 g/mol. The van der Waals surface area contributed by atoms with Gasteiger partial charge in [-0.1, -0.05) is 48.6 Å². The fourth-order valence-electron chi connectivity index (χ4n) is 4.73. The van der Waals surface area contributed by atoms with Gasteiger partial charge in [0.1, 0.15) is 5.75 Å². The van der Waals surface area contributed by atoms with Crippen LogP contribution in [0.25, 0.3) is 11.3 Å². The summed E-state index contributed by atoms with van der Waals surface area (Å²) in [6.07, 6.45) is 5.59. The number of nitrogens with zero attached hydrogens (tertiary/aromatic N) is 2. The summed E-state index contributed by atoms with van der Waals surface area (Å²) in [4.78, 5) is 4.75. The van der Waals surface area contributed by atoms with E-state index in [1.807, 2.05) is 24.5 Å². The van der Waals surface area contributed by atoms with Crippen LogP contribution in [0.2, 0.25) is 0 Å². The Morgan fingerprint density at radius 3 is 2.27 bits per heavy atom. The number of phenolic OH excluding ortho intramolecular Hbond substituents is 1. The lowest BCUT2D eigenvalue weighted by Crippen LogP contribution is -2.30. The van der Waals surface area contributed by atoms with Crippen LogP contribution in [0.15, 0.2) is 83.7 Å². The minimum Gasteiger partial charge on any atom is -0.508 e. The highest BCUT2D eigenvalue weighted by Gasteiger charge is 2.20. The third-order valence-electron chi connectivity index (χ3n) is 6.59. The lowest BCUT2D eigenvalue weighted by atomic mass is 9.87. The molecule has 0 bridgehead atoms. The minimum atomic E-state index is 0.300. The lowest BCUT2D eigenvalue weighted by molar-refractivity contribution is 0.248. The fourth-order valence-corrected chi connectivity index (χ4v) is 4.73. The number of likely N-dealkylation sites (tertiary alicyclic amines) is 1. The standard InChI is InChI=1S/C29H34N2O2/c1-4-31(5-2)22(3)24-9-11-25(12-10-24)29(27-7-6-8-28(32)19-27)26-13-16-30(17-14-26)20-23-15-18-33-21-23/h6-12,15,18-19,21,32H,3-5,13-14,16-17,20H2,1-2H3. The third-order valence-corrected chi connectivity index (χ3v) is 6.59. The van der Waals surface area contributed by atoms with Gasteiger partial charge in [0.2, 0.25) is 0 Å². The van der Waals surface area contributed by atoms with Crippen LogP contribution in [-0.4, -0.2) is 41.1 Å². The summed E-state index contributed by atoms with van der Waals surface area (Å²) < 4.78 is 5.23. The molecule has 0 saturated carbocycles. The average molecular weight is 443 g/mol. The van der Waals surface area contributed by atoms with E-state index in [1.165, 1.54) is 22.3 Å². The van der Waals surface area contributed by atoms with Gasteiger partial charge < -0.3 is 14.4 Å². The second kappa shape index (κ2) is 10.6. The molecule has 0 aliphatic carbocycles. The summed E-state index contributed by atoms with van der Waals surface area (Å²) in [5, 5.41) is 10.2. The van der Waals surface area contributed by atoms with Crippen LogP contribution >= 0.6 is 0 Å². The zero-order valence-electron chi connectivity index (χ0n) is 19.8. The van der Waals surface area contributed by atoms with Crippen molar-refractivity contribution in [2.24, 2.45) is 0 Å². The van der Waals surface area contributed by atoms with Gasteiger partial charge in [-0.05, 0) is 67.2 Å².